The highest BCUT2D eigenvalue weighted by Gasteiger charge is 2.13. The first-order chi connectivity index (χ1) is 14.6. The van der Waals surface area contributed by atoms with Crippen LogP contribution in [-0.2, 0) is 0 Å². The molecular formula is C24H17N5O. The number of carbonyl (C=O) groups excluding carboxylic acids is 1. The molecule has 3 aromatic carbocycles. The van der Waals surface area contributed by atoms with Gasteiger partial charge in [0, 0.05) is 27.5 Å². The number of fused-ring (bicyclic) bond motifs is 2. The second-order valence-electron chi connectivity index (χ2n) is 7.25. The molecule has 5 rings (SSSR count). The van der Waals surface area contributed by atoms with Gasteiger partial charge in [-0.15, -0.1) is 0 Å². The third kappa shape index (κ3) is 3.09. The molecule has 0 saturated heterocycles. The number of rotatable bonds is 3. The van der Waals surface area contributed by atoms with Crippen molar-refractivity contribution in [1.82, 2.24) is 15.2 Å². The number of aryl methyl sites for hydroxylation is 1. The molecule has 5 aromatic rings. The summed E-state index contributed by atoms with van der Waals surface area (Å²) in [6, 6.07) is 22.6. The Balaban J connectivity index is 1.49. The van der Waals surface area contributed by atoms with Gasteiger partial charge in [-0.2, -0.15) is 10.4 Å². The lowest BCUT2D eigenvalue weighted by molar-refractivity contribution is 0.102. The first-order valence-electron chi connectivity index (χ1n) is 9.50. The molecule has 2 heterocycles. The number of carbonyl (C=O) groups is 1. The van der Waals surface area contributed by atoms with Crippen molar-refractivity contribution < 1.29 is 4.79 Å². The summed E-state index contributed by atoms with van der Waals surface area (Å²) in [4.78, 5) is 16.0. The third-order valence-electron chi connectivity index (χ3n) is 5.13. The number of aromatic amines is 2. The summed E-state index contributed by atoms with van der Waals surface area (Å²) in [5.74, 6) is -0.232. The van der Waals surface area contributed by atoms with Gasteiger partial charge in [-0.05, 0) is 67.1 Å². The molecule has 0 spiro atoms. The fourth-order valence-corrected chi connectivity index (χ4v) is 3.56. The average Bonchev–Trinajstić information content (AvgIpc) is 3.36. The zero-order valence-electron chi connectivity index (χ0n) is 16.2. The molecule has 0 aliphatic carbocycles. The van der Waals surface area contributed by atoms with E-state index in [0.717, 1.165) is 33.2 Å². The average molecular weight is 391 g/mol. The monoisotopic (exact) mass is 391 g/mol. The van der Waals surface area contributed by atoms with Gasteiger partial charge < -0.3 is 10.3 Å². The zero-order valence-corrected chi connectivity index (χ0v) is 16.2. The number of nitrogens with one attached hydrogen (secondary N) is 3. The summed E-state index contributed by atoms with van der Waals surface area (Å²) < 4.78 is 0. The largest absolute Gasteiger partial charge is 0.353 e. The van der Waals surface area contributed by atoms with E-state index in [1.165, 1.54) is 5.56 Å². The van der Waals surface area contributed by atoms with Gasteiger partial charge in [0.05, 0.1) is 22.8 Å². The summed E-state index contributed by atoms with van der Waals surface area (Å²) in [6.07, 6.45) is 0. The molecule has 30 heavy (non-hydrogen) atoms. The SMILES string of the molecule is Cc1ccc2cc(-c3n[nH]c4ccc(NC(=O)c5ccc(C#N)cc5)cc34)[nH]c2c1. The predicted octanol–water partition coefficient (Wildman–Crippen LogP) is 5.14. The smallest absolute Gasteiger partial charge is 0.255 e. The molecule has 144 valence electrons. The van der Waals surface area contributed by atoms with Crippen molar-refractivity contribution in [2.45, 2.75) is 6.92 Å². The van der Waals surface area contributed by atoms with E-state index in [2.05, 4.69) is 51.7 Å². The minimum Gasteiger partial charge on any atom is -0.353 e. The number of hydrogen-bond donors (Lipinski definition) is 3. The van der Waals surface area contributed by atoms with Gasteiger partial charge in [-0.1, -0.05) is 12.1 Å². The van der Waals surface area contributed by atoms with E-state index in [0.29, 0.717) is 16.8 Å². The van der Waals surface area contributed by atoms with Crippen molar-refractivity contribution in [1.29, 1.82) is 5.26 Å². The molecule has 1 amide bonds. The standard InChI is InChI=1S/C24H17N5O/c1-14-2-5-17-11-22(27-21(17)10-14)23-19-12-18(8-9-20(19)28-29-23)26-24(30)16-6-3-15(13-25)4-7-16/h2-12,27H,1H3,(H,26,30)(H,28,29). The van der Waals surface area contributed by atoms with Crippen LogP contribution in [0.3, 0.4) is 0 Å². The Labute approximate surface area is 172 Å². The number of hydrogen-bond acceptors (Lipinski definition) is 3. The Morgan fingerprint density at radius 1 is 1.00 bits per heavy atom. The van der Waals surface area contributed by atoms with Crippen LogP contribution in [0.1, 0.15) is 21.5 Å². The van der Waals surface area contributed by atoms with Crippen LogP contribution in [0.2, 0.25) is 0 Å². The van der Waals surface area contributed by atoms with E-state index in [1.54, 1.807) is 24.3 Å². The molecule has 0 aliphatic rings. The molecule has 0 fully saturated rings. The summed E-state index contributed by atoms with van der Waals surface area (Å²) in [7, 11) is 0. The molecule has 0 saturated carbocycles. The van der Waals surface area contributed by atoms with Crippen molar-refractivity contribution in [3.8, 4) is 17.5 Å². The van der Waals surface area contributed by atoms with E-state index >= 15 is 0 Å². The maximum absolute atomic E-state index is 12.6. The van der Waals surface area contributed by atoms with Crippen molar-refractivity contribution in [2.24, 2.45) is 0 Å². The molecule has 0 unspecified atom stereocenters. The highest BCUT2D eigenvalue weighted by molar-refractivity contribution is 6.06. The van der Waals surface area contributed by atoms with Crippen LogP contribution in [0.4, 0.5) is 5.69 Å². The summed E-state index contributed by atoms with van der Waals surface area (Å²) in [5, 5.41) is 21.4. The molecule has 2 aromatic heterocycles. The lowest BCUT2D eigenvalue weighted by atomic mass is 10.1. The maximum Gasteiger partial charge on any atom is 0.255 e. The molecule has 0 aliphatic heterocycles. The van der Waals surface area contributed by atoms with Crippen LogP contribution >= 0.6 is 0 Å². The third-order valence-corrected chi connectivity index (χ3v) is 5.13. The van der Waals surface area contributed by atoms with Gasteiger partial charge in [0.1, 0.15) is 5.69 Å². The van der Waals surface area contributed by atoms with Crippen molar-refractivity contribution in [3.63, 3.8) is 0 Å². The van der Waals surface area contributed by atoms with Crippen molar-refractivity contribution in [2.75, 3.05) is 5.32 Å². The first kappa shape index (κ1) is 17.7. The van der Waals surface area contributed by atoms with E-state index in [4.69, 9.17) is 5.26 Å². The van der Waals surface area contributed by atoms with Crippen LogP contribution in [-0.4, -0.2) is 21.1 Å². The van der Waals surface area contributed by atoms with Gasteiger partial charge in [-0.25, -0.2) is 0 Å². The summed E-state index contributed by atoms with van der Waals surface area (Å²) in [6.45, 7) is 2.06. The van der Waals surface area contributed by atoms with Gasteiger partial charge in [0.15, 0.2) is 0 Å². The number of nitrogens with zero attached hydrogens (tertiary/aromatic N) is 2. The molecule has 0 radical (unpaired) electrons. The molecule has 0 bridgehead atoms. The number of anilines is 1. The molecular weight excluding hydrogens is 374 g/mol. The molecule has 3 N–H and O–H groups in total. The highest BCUT2D eigenvalue weighted by Crippen LogP contribution is 2.30. The quantitative estimate of drug-likeness (QED) is 0.397. The van der Waals surface area contributed by atoms with Crippen LogP contribution in [0, 0.1) is 18.3 Å². The molecule has 6 heteroatoms. The zero-order chi connectivity index (χ0) is 20.7. The highest BCUT2D eigenvalue weighted by atomic mass is 16.1. The van der Waals surface area contributed by atoms with Gasteiger partial charge >= 0.3 is 0 Å². The fraction of sp³-hybridized carbons (Fsp3) is 0.0417. The number of amides is 1. The van der Waals surface area contributed by atoms with E-state index < -0.39 is 0 Å². The van der Waals surface area contributed by atoms with Crippen LogP contribution < -0.4 is 5.32 Å². The lowest BCUT2D eigenvalue weighted by Crippen LogP contribution is -2.11. The first-order valence-corrected chi connectivity index (χ1v) is 9.50. The minimum atomic E-state index is -0.232. The second-order valence-corrected chi connectivity index (χ2v) is 7.25. The van der Waals surface area contributed by atoms with Gasteiger partial charge in [0.2, 0.25) is 0 Å². The topological polar surface area (TPSA) is 97.4 Å². The summed E-state index contributed by atoms with van der Waals surface area (Å²) >= 11 is 0. The van der Waals surface area contributed by atoms with Crippen LogP contribution in [0.25, 0.3) is 33.2 Å². The van der Waals surface area contributed by atoms with E-state index in [1.807, 2.05) is 24.3 Å². The Hall–Kier alpha value is -4.37. The van der Waals surface area contributed by atoms with Crippen molar-refractivity contribution in [3.05, 3.63) is 83.4 Å². The Bertz CT molecular complexity index is 1450. The molecule has 0 atom stereocenters. The van der Waals surface area contributed by atoms with E-state index in [-0.39, 0.29) is 5.91 Å². The predicted molar refractivity (Wildman–Crippen MR) is 117 cm³/mol. The summed E-state index contributed by atoms with van der Waals surface area (Å²) in [5.41, 5.74) is 6.53. The fourth-order valence-electron chi connectivity index (χ4n) is 3.56. The van der Waals surface area contributed by atoms with Crippen molar-refractivity contribution >= 4 is 33.4 Å². The Kier molecular flexibility index (Phi) is 4.08. The van der Waals surface area contributed by atoms with Gasteiger partial charge in [0.25, 0.3) is 5.91 Å². The van der Waals surface area contributed by atoms with Gasteiger partial charge in [-0.3, -0.25) is 9.89 Å². The second kappa shape index (κ2) is 6.90. The number of nitriles is 1. The Morgan fingerprint density at radius 2 is 1.83 bits per heavy atom. The normalized spacial score (nSPS) is 10.9. The molecule has 6 nitrogen and oxygen atoms in total. The van der Waals surface area contributed by atoms with Crippen LogP contribution in [0.5, 0.6) is 0 Å². The van der Waals surface area contributed by atoms with Crippen LogP contribution in [0.15, 0.2) is 66.7 Å². The number of aromatic nitrogens is 3. The van der Waals surface area contributed by atoms with E-state index in [9.17, 15) is 4.79 Å². The number of benzene rings is 3. The minimum absolute atomic E-state index is 0.232. The maximum atomic E-state index is 12.6. The Morgan fingerprint density at radius 3 is 2.63 bits per heavy atom. The number of H-pyrrole nitrogens is 2. The lowest BCUT2D eigenvalue weighted by Gasteiger charge is -2.06.